The van der Waals surface area contributed by atoms with E-state index in [1.165, 1.54) is 0 Å². The Morgan fingerprint density at radius 1 is 0.474 bits per heavy atom. The summed E-state index contributed by atoms with van der Waals surface area (Å²) in [4.78, 5) is 22.5. The summed E-state index contributed by atoms with van der Waals surface area (Å²) in [6, 6.07) is 0. The first kappa shape index (κ1) is 35.4. The van der Waals surface area contributed by atoms with Crippen LogP contribution < -0.4 is 0 Å². The lowest BCUT2D eigenvalue weighted by Crippen LogP contribution is -2.64. The smallest absolute Gasteiger partial charge is 0.453 e. The van der Waals surface area contributed by atoms with Crippen LogP contribution in [0, 0.1) is 0 Å². The van der Waals surface area contributed by atoms with Crippen LogP contribution in [0.15, 0.2) is 12.2 Å². The van der Waals surface area contributed by atoms with Crippen LogP contribution in [-0.2, 0) is 19.1 Å². The van der Waals surface area contributed by atoms with E-state index in [-0.39, 0.29) is 13.8 Å². The molecule has 0 fully saturated rings. The quantitative estimate of drug-likeness (QED) is 0.165. The van der Waals surface area contributed by atoms with Gasteiger partial charge in [0.1, 0.15) is 0 Å². The predicted octanol–water partition coefficient (Wildman–Crippen LogP) is 6.34. The van der Waals surface area contributed by atoms with Crippen molar-refractivity contribution in [1.29, 1.82) is 0 Å². The molecule has 0 saturated heterocycles. The van der Waals surface area contributed by atoms with E-state index in [4.69, 9.17) is 0 Å². The minimum atomic E-state index is -7.38. The Morgan fingerprint density at radius 3 is 0.868 bits per heavy atom. The Balaban J connectivity index is 5.58. The van der Waals surface area contributed by atoms with E-state index < -0.39 is 84.2 Å². The first-order valence-corrected chi connectivity index (χ1v) is 8.83. The van der Waals surface area contributed by atoms with Gasteiger partial charge >= 0.3 is 59.8 Å². The van der Waals surface area contributed by atoms with E-state index >= 15 is 0 Å². The van der Waals surface area contributed by atoms with Gasteiger partial charge in [-0.2, -0.15) is 79.0 Å². The van der Waals surface area contributed by atoms with E-state index in [9.17, 15) is 88.6 Å². The van der Waals surface area contributed by atoms with Gasteiger partial charge in [-0.15, -0.1) is 0 Å². The molecular weight excluding hydrogens is 598 g/mol. The molecule has 0 aromatic carbocycles. The average molecular weight is 608 g/mol. The first-order valence-electron chi connectivity index (χ1n) is 8.83. The Labute approximate surface area is 197 Å². The zero-order chi connectivity index (χ0) is 31.1. The summed E-state index contributed by atoms with van der Waals surface area (Å²) in [5.41, 5.74) is 0. The third-order valence-corrected chi connectivity index (χ3v) is 4.30. The highest BCUT2D eigenvalue weighted by Crippen LogP contribution is 2.55. The molecular formula is C16H10F18O4. The maximum Gasteiger partial charge on any atom is 0.460 e. The molecule has 0 N–H and O–H groups in total. The number of carbonyl (C=O) groups is 2. The third kappa shape index (κ3) is 6.01. The van der Waals surface area contributed by atoms with Crippen LogP contribution in [0.25, 0.3) is 0 Å². The highest BCUT2D eigenvalue weighted by molar-refractivity contribution is 5.91. The highest BCUT2D eigenvalue weighted by atomic mass is 19.4. The van der Waals surface area contributed by atoms with Gasteiger partial charge in [-0.1, -0.05) is 0 Å². The predicted molar refractivity (Wildman–Crippen MR) is 82.0 cm³/mol. The number of carbonyl (C=O) groups excluding carboxylic acids is 2. The lowest BCUT2D eigenvalue weighted by atomic mass is 10.00. The van der Waals surface area contributed by atoms with Gasteiger partial charge in [0, 0.05) is 12.2 Å². The number of ether oxygens (including phenoxy) is 2. The van der Waals surface area contributed by atoms with Crippen molar-refractivity contribution in [3.05, 3.63) is 12.2 Å². The number of esters is 2. The zero-order valence-electron chi connectivity index (χ0n) is 17.7. The van der Waals surface area contributed by atoms with Gasteiger partial charge in [-0.25, -0.2) is 9.59 Å². The van der Waals surface area contributed by atoms with Crippen molar-refractivity contribution in [2.45, 2.75) is 73.9 Å². The van der Waals surface area contributed by atoms with Gasteiger partial charge in [-0.3, -0.25) is 0 Å². The molecule has 0 aromatic rings. The van der Waals surface area contributed by atoms with Gasteiger partial charge < -0.3 is 9.47 Å². The van der Waals surface area contributed by atoms with Crippen LogP contribution in [0.3, 0.4) is 0 Å². The Hall–Kier alpha value is -2.58. The van der Waals surface area contributed by atoms with Gasteiger partial charge in [0.05, 0.1) is 0 Å². The van der Waals surface area contributed by atoms with Crippen LogP contribution in [0.4, 0.5) is 79.0 Å². The standard InChI is InChI=1S/C16H10F18O4/c1-5(9(17,18)11(21,22)13(25,26)15(29,30)31)37-7(35)3-4-8(36)38-6(2)10(19,20)12(23,24)14(27,28)16(32,33)34/h3-6H,1-2H3. The second-order valence-electron chi connectivity index (χ2n) is 7.03. The van der Waals surface area contributed by atoms with E-state index in [2.05, 4.69) is 9.47 Å². The summed E-state index contributed by atoms with van der Waals surface area (Å²) in [5.74, 6) is -47.1. The molecule has 0 aliphatic rings. The van der Waals surface area contributed by atoms with Crippen molar-refractivity contribution >= 4 is 11.9 Å². The molecule has 2 atom stereocenters. The van der Waals surface area contributed by atoms with Crippen molar-refractivity contribution in [1.82, 2.24) is 0 Å². The first-order chi connectivity index (χ1) is 16.3. The molecule has 0 saturated carbocycles. The molecule has 2 unspecified atom stereocenters. The monoisotopic (exact) mass is 608 g/mol. The number of alkyl halides is 18. The maximum atomic E-state index is 13.6. The van der Waals surface area contributed by atoms with Gasteiger partial charge in [0.25, 0.3) is 0 Å². The molecule has 0 radical (unpaired) electrons. The topological polar surface area (TPSA) is 52.6 Å². The fraction of sp³-hybridized carbons (Fsp3) is 0.750. The summed E-state index contributed by atoms with van der Waals surface area (Å²) < 4.78 is 238. The lowest BCUT2D eigenvalue weighted by molar-refractivity contribution is -0.404. The SMILES string of the molecule is CC(OC(=O)C=CC(=O)OC(C)C(F)(F)C(F)(F)C(F)(F)C(F)(F)F)C(F)(F)C(F)(F)C(F)(F)C(F)(F)F. The number of halogens is 18. The molecule has 0 spiro atoms. The van der Waals surface area contributed by atoms with Crippen LogP contribution in [0.2, 0.25) is 0 Å². The molecule has 0 aliphatic heterocycles. The van der Waals surface area contributed by atoms with Crippen molar-refractivity contribution < 1.29 is 98.1 Å². The number of hydrogen-bond acceptors (Lipinski definition) is 4. The second-order valence-corrected chi connectivity index (χ2v) is 7.03. The minimum Gasteiger partial charge on any atom is -0.453 e. The maximum absolute atomic E-state index is 13.6. The van der Waals surface area contributed by atoms with Gasteiger partial charge in [0.2, 0.25) is 0 Å². The van der Waals surface area contributed by atoms with Crippen LogP contribution >= 0.6 is 0 Å². The van der Waals surface area contributed by atoms with Crippen LogP contribution in [0.5, 0.6) is 0 Å². The lowest BCUT2D eigenvalue weighted by Gasteiger charge is -2.36. The summed E-state index contributed by atoms with van der Waals surface area (Å²) >= 11 is 0. The molecule has 224 valence electrons. The molecule has 22 heteroatoms. The van der Waals surface area contributed by atoms with Gasteiger partial charge in [0.15, 0.2) is 12.2 Å². The van der Waals surface area contributed by atoms with Crippen molar-refractivity contribution in [3.63, 3.8) is 0 Å². The average Bonchev–Trinajstić information content (AvgIpc) is 2.69. The summed E-state index contributed by atoms with van der Waals surface area (Å²) in [5, 5.41) is 0. The molecule has 0 heterocycles. The molecule has 0 aliphatic carbocycles. The zero-order valence-corrected chi connectivity index (χ0v) is 17.7. The van der Waals surface area contributed by atoms with Crippen molar-refractivity contribution in [2.24, 2.45) is 0 Å². The second kappa shape index (κ2) is 10.2. The fourth-order valence-corrected chi connectivity index (χ4v) is 2.00. The largest absolute Gasteiger partial charge is 0.460 e. The highest BCUT2D eigenvalue weighted by Gasteiger charge is 2.84. The third-order valence-electron chi connectivity index (χ3n) is 4.30. The molecule has 4 nitrogen and oxygen atoms in total. The van der Waals surface area contributed by atoms with Crippen molar-refractivity contribution in [2.75, 3.05) is 0 Å². The molecule has 0 rings (SSSR count). The van der Waals surface area contributed by atoms with Crippen molar-refractivity contribution in [3.8, 4) is 0 Å². The summed E-state index contributed by atoms with van der Waals surface area (Å²) in [6.45, 7) is -0.675. The molecule has 0 bridgehead atoms. The Kier molecular flexibility index (Phi) is 9.50. The van der Waals surface area contributed by atoms with Crippen LogP contribution in [0.1, 0.15) is 13.8 Å². The van der Waals surface area contributed by atoms with E-state index in [1.807, 2.05) is 0 Å². The summed E-state index contributed by atoms with van der Waals surface area (Å²) in [6.07, 6.45) is -23.2. The minimum absolute atomic E-state index is 0.337. The molecule has 38 heavy (non-hydrogen) atoms. The van der Waals surface area contributed by atoms with Gasteiger partial charge in [-0.05, 0) is 13.8 Å². The van der Waals surface area contributed by atoms with E-state index in [1.54, 1.807) is 0 Å². The Morgan fingerprint density at radius 2 is 0.684 bits per heavy atom. The molecule has 0 aromatic heterocycles. The van der Waals surface area contributed by atoms with E-state index in [0.717, 1.165) is 0 Å². The van der Waals surface area contributed by atoms with E-state index in [0.29, 0.717) is 0 Å². The Bertz CT molecular complexity index is 829. The van der Waals surface area contributed by atoms with Crippen LogP contribution in [-0.4, -0.2) is 72.0 Å². The number of hydrogen-bond donors (Lipinski definition) is 0. The number of rotatable bonds is 10. The normalized spacial score (nSPS) is 16.8. The fourth-order valence-electron chi connectivity index (χ4n) is 2.00. The molecule has 0 amide bonds. The summed E-state index contributed by atoms with van der Waals surface area (Å²) in [7, 11) is 0.